The van der Waals surface area contributed by atoms with E-state index >= 15 is 0 Å². The van der Waals surface area contributed by atoms with Gasteiger partial charge in [0.25, 0.3) is 0 Å². The normalized spacial score (nSPS) is 13.5. The average Bonchev–Trinajstić information content (AvgIpc) is 2.65. The van der Waals surface area contributed by atoms with E-state index in [0.29, 0.717) is 11.6 Å². The number of hydrogen-bond donors (Lipinski definition) is 1. The van der Waals surface area contributed by atoms with Gasteiger partial charge in [-0.3, -0.25) is 9.10 Å². The van der Waals surface area contributed by atoms with Crippen molar-refractivity contribution in [3.63, 3.8) is 0 Å². The molecule has 0 aliphatic rings. The largest absolute Gasteiger partial charge is 0.497 e. The van der Waals surface area contributed by atoms with Crippen LogP contribution in [0.3, 0.4) is 0 Å². The minimum absolute atomic E-state index is 0.235. The van der Waals surface area contributed by atoms with Gasteiger partial charge in [-0.15, -0.1) is 0 Å². The van der Waals surface area contributed by atoms with E-state index < -0.39 is 16.1 Å². The van der Waals surface area contributed by atoms with E-state index in [-0.39, 0.29) is 11.9 Å². The molecule has 6 nitrogen and oxygen atoms in total. The van der Waals surface area contributed by atoms with Gasteiger partial charge in [0.05, 0.1) is 25.1 Å². The van der Waals surface area contributed by atoms with Crippen LogP contribution in [0.1, 0.15) is 49.9 Å². The van der Waals surface area contributed by atoms with Gasteiger partial charge in [0.1, 0.15) is 11.8 Å². The molecule has 0 saturated carbocycles. The van der Waals surface area contributed by atoms with Gasteiger partial charge in [-0.2, -0.15) is 0 Å². The van der Waals surface area contributed by atoms with Crippen molar-refractivity contribution in [2.45, 2.75) is 53.1 Å². The van der Waals surface area contributed by atoms with Crippen molar-refractivity contribution < 1.29 is 17.9 Å². The first-order valence-electron chi connectivity index (χ1n) is 10.4. The van der Waals surface area contributed by atoms with Crippen molar-refractivity contribution in [3.8, 4) is 5.75 Å². The molecule has 0 unspecified atom stereocenters. The quantitative estimate of drug-likeness (QED) is 0.621. The molecule has 7 heteroatoms. The van der Waals surface area contributed by atoms with Crippen molar-refractivity contribution in [3.05, 3.63) is 59.2 Å². The van der Waals surface area contributed by atoms with Crippen LogP contribution >= 0.6 is 0 Å². The Hall–Kier alpha value is -2.54. The minimum atomic E-state index is -3.67. The van der Waals surface area contributed by atoms with Gasteiger partial charge in [-0.1, -0.05) is 32.0 Å². The second-order valence-electron chi connectivity index (χ2n) is 8.54. The fourth-order valence-electron chi connectivity index (χ4n) is 3.76. The topological polar surface area (TPSA) is 75.7 Å². The zero-order valence-electron chi connectivity index (χ0n) is 19.5. The molecule has 0 fully saturated rings. The zero-order valence-corrected chi connectivity index (χ0v) is 20.3. The molecule has 2 atom stereocenters. The smallest absolute Gasteiger partial charge is 0.244 e. The second-order valence-corrected chi connectivity index (χ2v) is 10.4. The molecular weight excluding hydrogens is 412 g/mol. The van der Waals surface area contributed by atoms with Crippen LogP contribution in [0.25, 0.3) is 0 Å². The Morgan fingerprint density at radius 3 is 2.03 bits per heavy atom. The fraction of sp³-hybridized carbons (Fsp3) is 0.458. The number of nitrogens with one attached hydrogen (secondary N) is 1. The van der Waals surface area contributed by atoms with Crippen LogP contribution in [0.5, 0.6) is 5.75 Å². The third kappa shape index (κ3) is 6.72. The van der Waals surface area contributed by atoms with Crippen LogP contribution in [0.2, 0.25) is 0 Å². The highest BCUT2D eigenvalue weighted by Crippen LogP contribution is 2.26. The number of ether oxygens (including phenoxy) is 1. The Balaban J connectivity index is 2.35. The zero-order chi connectivity index (χ0) is 23.3. The van der Waals surface area contributed by atoms with Gasteiger partial charge in [-0.05, 0) is 74.1 Å². The monoisotopic (exact) mass is 446 g/mol. The number of benzene rings is 2. The number of aryl methyl sites for hydroxylation is 2. The summed E-state index contributed by atoms with van der Waals surface area (Å²) in [5.41, 5.74) is 3.32. The van der Waals surface area contributed by atoms with Gasteiger partial charge < -0.3 is 10.1 Å². The molecule has 0 aliphatic heterocycles. The predicted molar refractivity (Wildman–Crippen MR) is 126 cm³/mol. The Labute approximate surface area is 186 Å². The van der Waals surface area contributed by atoms with E-state index in [1.807, 2.05) is 44.2 Å². The Bertz CT molecular complexity index is 980. The lowest BCUT2D eigenvalue weighted by Gasteiger charge is -2.31. The van der Waals surface area contributed by atoms with Gasteiger partial charge in [0, 0.05) is 0 Å². The number of nitrogens with zero attached hydrogens (tertiary/aromatic N) is 1. The first-order chi connectivity index (χ1) is 14.4. The molecule has 0 heterocycles. The van der Waals surface area contributed by atoms with Gasteiger partial charge in [0.2, 0.25) is 15.9 Å². The number of methoxy groups -OCH3 is 1. The molecule has 31 heavy (non-hydrogen) atoms. The molecule has 1 amide bonds. The van der Waals surface area contributed by atoms with Crippen LogP contribution in [0.15, 0.2) is 42.5 Å². The van der Waals surface area contributed by atoms with Gasteiger partial charge >= 0.3 is 0 Å². The molecule has 2 aromatic carbocycles. The maximum atomic E-state index is 13.2. The molecule has 0 saturated heterocycles. The highest BCUT2D eigenvalue weighted by Gasteiger charge is 2.31. The average molecular weight is 447 g/mol. The van der Waals surface area contributed by atoms with Crippen LogP contribution in [-0.4, -0.2) is 33.7 Å². The second kappa shape index (κ2) is 10.2. The summed E-state index contributed by atoms with van der Waals surface area (Å²) in [6.07, 6.45) is 1.86. The summed E-state index contributed by atoms with van der Waals surface area (Å²) < 4.78 is 31.7. The lowest BCUT2D eigenvalue weighted by atomic mass is 9.96. The summed E-state index contributed by atoms with van der Waals surface area (Å²) >= 11 is 0. The first-order valence-corrected chi connectivity index (χ1v) is 12.3. The summed E-state index contributed by atoms with van der Waals surface area (Å²) in [6.45, 7) is 9.61. The summed E-state index contributed by atoms with van der Waals surface area (Å²) in [7, 11) is -2.06. The van der Waals surface area contributed by atoms with Gasteiger partial charge in [0.15, 0.2) is 0 Å². The van der Waals surface area contributed by atoms with Crippen LogP contribution in [0.4, 0.5) is 5.69 Å². The SMILES string of the molecule is COc1ccc([C@@H](CC(C)C)NC(=O)[C@@H](C)N(c2cc(C)cc(C)c2)S(C)(=O)=O)cc1. The Morgan fingerprint density at radius 2 is 1.58 bits per heavy atom. The van der Waals surface area contributed by atoms with Crippen molar-refractivity contribution in [1.82, 2.24) is 5.32 Å². The Kier molecular flexibility index (Phi) is 8.12. The summed E-state index contributed by atoms with van der Waals surface area (Å²) in [6, 6.07) is 12.0. The number of amides is 1. The number of rotatable bonds is 9. The third-order valence-electron chi connectivity index (χ3n) is 5.09. The maximum Gasteiger partial charge on any atom is 0.244 e. The summed E-state index contributed by atoms with van der Waals surface area (Å²) in [5, 5.41) is 3.07. The molecule has 0 spiro atoms. The lowest BCUT2D eigenvalue weighted by Crippen LogP contribution is -2.48. The third-order valence-corrected chi connectivity index (χ3v) is 6.33. The number of carbonyl (C=O) groups excluding carboxylic acids is 1. The molecule has 2 aromatic rings. The standard InChI is InChI=1S/C24H34N2O4S/c1-16(2)12-23(20-8-10-22(30-6)11-9-20)25-24(27)19(5)26(31(7,28)29)21-14-17(3)13-18(4)15-21/h8-11,13-16,19,23H,12H2,1-7H3,(H,25,27)/t19-,23-/m1/s1. The number of anilines is 1. The highest BCUT2D eigenvalue weighted by atomic mass is 32.2. The first kappa shape index (κ1) is 24.7. The van der Waals surface area contributed by atoms with E-state index in [4.69, 9.17) is 4.74 Å². The molecule has 2 rings (SSSR count). The highest BCUT2D eigenvalue weighted by molar-refractivity contribution is 7.92. The van der Waals surface area contributed by atoms with E-state index in [1.165, 1.54) is 4.31 Å². The van der Waals surface area contributed by atoms with Crippen molar-refractivity contribution in [1.29, 1.82) is 0 Å². The molecule has 1 N–H and O–H groups in total. The molecule has 0 aliphatic carbocycles. The van der Waals surface area contributed by atoms with E-state index in [2.05, 4.69) is 19.2 Å². The maximum absolute atomic E-state index is 13.2. The van der Waals surface area contributed by atoms with Crippen molar-refractivity contribution in [2.24, 2.45) is 5.92 Å². The van der Waals surface area contributed by atoms with E-state index in [0.717, 1.165) is 35.1 Å². The van der Waals surface area contributed by atoms with Gasteiger partial charge in [-0.25, -0.2) is 8.42 Å². The van der Waals surface area contributed by atoms with E-state index in [9.17, 15) is 13.2 Å². The predicted octanol–water partition coefficient (Wildman–Crippen LogP) is 4.37. The lowest BCUT2D eigenvalue weighted by molar-refractivity contribution is -0.122. The van der Waals surface area contributed by atoms with E-state index in [1.54, 1.807) is 26.2 Å². The molecule has 0 aromatic heterocycles. The van der Waals surface area contributed by atoms with Crippen molar-refractivity contribution in [2.75, 3.05) is 17.7 Å². The molecule has 0 bridgehead atoms. The molecule has 0 radical (unpaired) electrons. The fourth-order valence-corrected chi connectivity index (χ4v) is 4.92. The summed E-state index contributed by atoms with van der Waals surface area (Å²) in [5.74, 6) is 0.740. The Morgan fingerprint density at radius 1 is 1.03 bits per heavy atom. The number of sulfonamides is 1. The molecule has 170 valence electrons. The van der Waals surface area contributed by atoms with Crippen LogP contribution in [0, 0.1) is 19.8 Å². The van der Waals surface area contributed by atoms with Crippen molar-refractivity contribution >= 4 is 21.6 Å². The molecular formula is C24H34N2O4S. The van der Waals surface area contributed by atoms with Crippen LogP contribution < -0.4 is 14.4 Å². The number of carbonyl (C=O) groups is 1. The van der Waals surface area contributed by atoms with Crippen LogP contribution in [-0.2, 0) is 14.8 Å². The summed E-state index contributed by atoms with van der Waals surface area (Å²) in [4.78, 5) is 13.2. The number of hydrogen-bond acceptors (Lipinski definition) is 4. The minimum Gasteiger partial charge on any atom is -0.497 e.